The predicted molar refractivity (Wildman–Crippen MR) is 73.6 cm³/mol. The van der Waals surface area contributed by atoms with Gasteiger partial charge in [-0.25, -0.2) is 9.18 Å². The molecule has 0 saturated carbocycles. The van der Waals surface area contributed by atoms with E-state index < -0.39 is 17.9 Å². The van der Waals surface area contributed by atoms with E-state index in [-0.39, 0.29) is 6.42 Å². The van der Waals surface area contributed by atoms with E-state index in [2.05, 4.69) is 0 Å². The van der Waals surface area contributed by atoms with Gasteiger partial charge in [0.15, 0.2) is 6.10 Å². The van der Waals surface area contributed by atoms with Crippen molar-refractivity contribution in [2.45, 2.75) is 12.5 Å². The van der Waals surface area contributed by atoms with Crippen LogP contribution in [0.3, 0.4) is 0 Å². The zero-order valence-corrected chi connectivity index (χ0v) is 11.2. The van der Waals surface area contributed by atoms with Crippen molar-refractivity contribution in [3.8, 4) is 5.75 Å². The highest BCUT2D eigenvalue weighted by atomic mass is 35.5. The van der Waals surface area contributed by atoms with Crippen LogP contribution in [-0.2, 0) is 11.2 Å². The normalized spacial score (nSPS) is 11.9. The van der Waals surface area contributed by atoms with Crippen molar-refractivity contribution in [3.63, 3.8) is 0 Å². The van der Waals surface area contributed by atoms with E-state index in [1.807, 2.05) is 0 Å². The number of hydrogen-bond donors (Lipinski definition) is 1. The number of carboxylic acids is 1. The van der Waals surface area contributed by atoms with E-state index in [1.165, 1.54) is 12.1 Å². The number of ether oxygens (including phenoxy) is 1. The summed E-state index contributed by atoms with van der Waals surface area (Å²) in [6, 6.07) is 12.4. The number of hydrogen-bond acceptors (Lipinski definition) is 2. The molecule has 5 heteroatoms. The van der Waals surface area contributed by atoms with Crippen molar-refractivity contribution in [1.29, 1.82) is 0 Å². The Morgan fingerprint density at radius 1 is 1.20 bits per heavy atom. The fourth-order valence-corrected chi connectivity index (χ4v) is 1.85. The molecule has 1 atom stereocenters. The molecule has 1 unspecified atom stereocenters. The van der Waals surface area contributed by atoms with Crippen molar-refractivity contribution in [2.75, 3.05) is 0 Å². The summed E-state index contributed by atoms with van der Waals surface area (Å²) >= 11 is 5.74. The number of rotatable bonds is 5. The van der Waals surface area contributed by atoms with Gasteiger partial charge in [-0.3, -0.25) is 0 Å². The number of carboxylic acid groups (broad SMARTS) is 1. The van der Waals surface area contributed by atoms with Crippen LogP contribution in [0.1, 0.15) is 5.56 Å². The first-order chi connectivity index (χ1) is 9.56. The first-order valence-corrected chi connectivity index (χ1v) is 6.32. The minimum Gasteiger partial charge on any atom is -0.478 e. The summed E-state index contributed by atoms with van der Waals surface area (Å²) in [7, 11) is 0. The van der Waals surface area contributed by atoms with Gasteiger partial charge in [0, 0.05) is 11.4 Å². The quantitative estimate of drug-likeness (QED) is 0.917. The lowest BCUT2D eigenvalue weighted by Crippen LogP contribution is -2.29. The topological polar surface area (TPSA) is 46.5 Å². The first kappa shape index (κ1) is 14.3. The highest BCUT2D eigenvalue weighted by molar-refractivity contribution is 6.30. The maximum Gasteiger partial charge on any atom is 0.345 e. The van der Waals surface area contributed by atoms with Crippen LogP contribution in [0, 0.1) is 5.82 Å². The summed E-state index contributed by atoms with van der Waals surface area (Å²) in [5.74, 6) is -1.22. The molecule has 0 aliphatic carbocycles. The molecule has 0 spiro atoms. The van der Waals surface area contributed by atoms with Gasteiger partial charge >= 0.3 is 5.97 Å². The Hall–Kier alpha value is -2.07. The Morgan fingerprint density at radius 2 is 1.85 bits per heavy atom. The molecule has 1 N–H and O–H groups in total. The molecule has 104 valence electrons. The standard InChI is InChI=1S/C15H12ClFO3/c16-11-5-7-12(8-6-11)20-14(15(18)19)9-10-3-1-2-4-13(10)17/h1-8,14H,9H2,(H,18,19). The summed E-state index contributed by atoms with van der Waals surface area (Å²) in [6.07, 6.45) is -1.21. The van der Waals surface area contributed by atoms with Crippen LogP contribution < -0.4 is 4.74 Å². The molecule has 0 aliphatic rings. The molecule has 0 amide bonds. The largest absolute Gasteiger partial charge is 0.478 e. The number of halogens is 2. The molecule has 0 aromatic heterocycles. The van der Waals surface area contributed by atoms with E-state index >= 15 is 0 Å². The van der Waals surface area contributed by atoms with Crippen LogP contribution in [0.4, 0.5) is 4.39 Å². The second-order valence-electron chi connectivity index (χ2n) is 4.19. The summed E-state index contributed by atoms with van der Waals surface area (Å²) in [5.41, 5.74) is 0.300. The molecule has 2 aromatic rings. The fourth-order valence-electron chi connectivity index (χ4n) is 1.72. The van der Waals surface area contributed by atoms with Crippen LogP contribution in [0.25, 0.3) is 0 Å². The third-order valence-corrected chi connectivity index (χ3v) is 2.98. The minimum atomic E-state index is -1.16. The number of aliphatic carboxylic acids is 1. The monoisotopic (exact) mass is 294 g/mol. The lowest BCUT2D eigenvalue weighted by molar-refractivity contribution is -0.145. The third-order valence-electron chi connectivity index (χ3n) is 2.73. The molecule has 0 saturated heterocycles. The minimum absolute atomic E-state index is 0.0510. The molecule has 2 rings (SSSR count). The van der Waals surface area contributed by atoms with Crippen LogP contribution in [0.2, 0.25) is 5.02 Å². The van der Waals surface area contributed by atoms with E-state index in [4.69, 9.17) is 21.4 Å². The summed E-state index contributed by atoms with van der Waals surface area (Å²) < 4.78 is 18.9. The summed E-state index contributed by atoms with van der Waals surface area (Å²) in [5, 5.41) is 9.69. The third kappa shape index (κ3) is 3.71. The lowest BCUT2D eigenvalue weighted by atomic mass is 10.1. The van der Waals surface area contributed by atoms with Crippen molar-refractivity contribution < 1.29 is 19.0 Å². The molecule has 3 nitrogen and oxygen atoms in total. The Labute approximate surface area is 120 Å². The molecule has 0 radical (unpaired) electrons. The number of benzene rings is 2. The van der Waals surface area contributed by atoms with Crippen molar-refractivity contribution >= 4 is 17.6 Å². The summed E-state index contributed by atoms with van der Waals surface area (Å²) in [4.78, 5) is 11.2. The second-order valence-corrected chi connectivity index (χ2v) is 4.63. The predicted octanol–water partition coefficient (Wildman–Crippen LogP) is 3.55. The molecular formula is C15H12ClFO3. The fraction of sp³-hybridized carbons (Fsp3) is 0.133. The molecule has 0 aliphatic heterocycles. The molecule has 0 bridgehead atoms. The SMILES string of the molecule is O=C(O)C(Cc1ccccc1F)Oc1ccc(Cl)cc1. The van der Waals surface area contributed by atoms with Gasteiger partial charge in [0.1, 0.15) is 11.6 Å². The van der Waals surface area contributed by atoms with Gasteiger partial charge in [-0.15, -0.1) is 0 Å². The molecule has 0 fully saturated rings. The van der Waals surface area contributed by atoms with Crippen LogP contribution in [0.5, 0.6) is 5.75 Å². The van der Waals surface area contributed by atoms with Gasteiger partial charge in [-0.2, -0.15) is 0 Å². The maximum atomic E-state index is 13.5. The summed E-state index contributed by atoms with van der Waals surface area (Å²) in [6.45, 7) is 0. The first-order valence-electron chi connectivity index (χ1n) is 5.94. The van der Waals surface area contributed by atoms with Gasteiger partial charge in [0.2, 0.25) is 0 Å². The average molecular weight is 295 g/mol. The van der Waals surface area contributed by atoms with Crippen molar-refractivity contribution in [3.05, 3.63) is 64.9 Å². The van der Waals surface area contributed by atoms with Crippen LogP contribution >= 0.6 is 11.6 Å². The van der Waals surface area contributed by atoms with Crippen molar-refractivity contribution in [1.82, 2.24) is 0 Å². The van der Waals surface area contributed by atoms with Crippen LogP contribution in [0.15, 0.2) is 48.5 Å². The van der Waals surface area contributed by atoms with Gasteiger partial charge in [-0.05, 0) is 35.9 Å². The number of carbonyl (C=O) groups is 1. The van der Waals surface area contributed by atoms with Gasteiger partial charge in [0.25, 0.3) is 0 Å². The lowest BCUT2D eigenvalue weighted by Gasteiger charge is -2.15. The zero-order valence-electron chi connectivity index (χ0n) is 10.4. The zero-order chi connectivity index (χ0) is 14.5. The van der Waals surface area contributed by atoms with Gasteiger partial charge in [-0.1, -0.05) is 29.8 Å². The Morgan fingerprint density at radius 3 is 2.45 bits per heavy atom. The van der Waals surface area contributed by atoms with E-state index in [0.29, 0.717) is 16.3 Å². The van der Waals surface area contributed by atoms with Gasteiger partial charge < -0.3 is 9.84 Å². The second kappa shape index (κ2) is 6.39. The van der Waals surface area contributed by atoms with Crippen molar-refractivity contribution in [2.24, 2.45) is 0 Å². The smallest absolute Gasteiger partial charge is 0.345 e. The maximum absolute atomic E-state index is 13.5. The molecule has 2 aromatic carbocycles. The highest BCUT2D eigenvalue weighted by Crippen LogP contribution is 2.19. The Bertz CT molecular complexity index is 598. The van der Waals surface area contributed by atoms with Crippen LogP contribution in [-0.4, -0.2) is 17.2 Å². The Kier molecular flexibility index (Phi) is 4.58. The van der Waals surface area contributed by atoms with Gasteiger partial charge in [0.05, 0.1) is 0 Å². The Balaban J connectivity index is 2.14. The van der Waals surface area contributed by atoms with E-state index in [0.717, 1.165) is 0 Å². The highest BCUT2D eigenvalue weighted by Gasteiger charge is 2.21. The van der Waals surface area contributed by atoms with E-state index in [1.54, 1.807) is 36.4 Å². The molecule has 0 heterocycles. The average Bonchev–Trinajstić information content (AvgIpc) is 2.42. The molecular weight excluding hydrogens is 283 g/mol. The van der Waals surface area contributed by atoms with E-state index in [9.17, 15) is 9.18 Å². The molecule has 20 heavy (non-hydrogen) atoms.